The number of halogens is 2. The van der Waals surface area contributed by atoms with Crippen molar-refractivity contribution in [3.63, 3.8) is 0 Å². The lowest BCUT2D eigenvalue weighted by molar-refractivity contribution is 0.531. The lowest BCUT2D eigenvalue weighted by Gasteiger charge is -2.04. The van der Waals surface area contributed by atoms with E-state index in [1.165, 1.54) is 0 Å². The Labute approximate surface area is 133 Å². The van der Waals surface area contributed by atoms with Crippen molar-refractivity contribution in [2.24, 2.45) is 0 Å². The SMILES string of the molecule is Clc1ccc(NCc2ccc(-c3ccc(Cl)cc3)o2)cc1. The molecule has 0 aliphatic rings. The molecule has 1 aromatic heterocycles. The molecule has 0 fully saturated rings. The zero-order valence-electron chi connectivity index (χ0n) is 11.1. The van der Waals surface area contributed by atoms with Gasteiger partial charge in [0.25, 0.3) is 0 Å². The molecule has 0 spiro atoms. The molecule has 0 saturated heterocycles. The fourth-order valence-electron chi connectivity index (χ4n) is 2.00. The third kappa shape index (κ3) is 3.60. The first kappa shape index (κ1) is 14.1. The van der Waals surface area contributed by atoms with Crippen LogP contribution in [0.2, 0.25) is 10.0 Å². The minimum absolute atomic E-state index is 0.620. The highest BCUT2D eigenvalue weighted by Crippen LogP contribution is 2.24. The minimum atomic E-state index is 0.620. The molecule has 0 bridgehead atoms. The average Bonchev–Trinajstić information content (AvgIpc) is 2.96. The molecule has 0 unspecified atom stereocenters. The van der Waals surface area contributed by atoms with Gasteiger partial charge in [-0.3, -0.25) is 0 Å². The van der Waals surface area contributed by atoms with Gasteiger partial charge in [-0.25, -0.2) is 0 Å². The molecular weight excluding hydrogens is 305 g/mol. The second kappa shape index (κ2) is 6.25. The van der Waals surface area contributed by atoms with Gasteiger partial charge >= 0.3 is 0 Å². The molecule has 2 nitrogen and oxygen atoms in total. The van der Waals surface area contributed by atoms with Crippen molar-refractivity contribution in [2.75, 3.05) is 5.32 Å². The predicted octanol–water partition coefficient (Wildman–Crippen LogP) is 5.87. The standard InChI is InChI=1S/C17H13Cl2NO/c18-13-3-1-12(2-4-13)17-10-9-16(21-17)11-20-15-7-5-14(19)6-8-15/h1-10,20H,11H2. The molecule has 4 heteroatoms. The molecule has 1 heterocycles. The maximum absolute atomic E-state index is 5.88. The summed E-state index contributed by atoms with van der Waals surface area (Å²) in [4.78, 5) is 0. The van der Waals surface area contributed by atoms with E-state index in [9.17, 15) is 0 Å². The van der Waals surface area contributed by atoms with Gasteiger partial charge in [0.1, 0.15) is 11.5 Å². The lowest BCUT2D eigenvalue weighted by atomic mass is 10.2. The van der Waals surface area contributed by atoms with Crippen molar-refractivity contribution in [1.29, 1.82) is 0 Å². The normalized spacial score (nSPS) is 10.6. The van der Waals surface area contributed by atoms with Crippen LogP contribution in [0.25, 0.3) is 11.3 Å². The largest absolute Gasteiger partial charge is 0.459 e. The number of nitrogens with one attached hydrogen (secondary N) is 1. The van der Waals surface area contributed by atoms with E-state index in [1.807, 2.05) is 60.7 Å². The average molecular weight is 318 g/mol. The number of furan rings is 1. The molecule has 3 rings (SSSR count). The van der Waals surface area contributed by atoms with E-state index in [-0.39, 0.29) is 0 Å². The number of rotatable bonds is 4. The van der Waals surface area contributed by atoms with Crippen LogP contribution >= 0.6 is 23.2 Å². The highest BCUT2D eigenvalue weighted by atomic mass is 35.5. The molecule has 0 aliphatic heterocycles. The quantitative estimate of drug-likeness (QED) is 0.651. The summed E-state index contributed by atoms with van der Waals surface area (Å²) in [5.41, 5.74) is 2.01. The van der Waals surface area contributed by atoms with Crippen molar-refractivity contribution < 1.29 is 4.42 Å². The van der Waals surface area contributed by atoms with E-state index in [0.717, 1.165) is 32.8 Å². The molecule has 106 valence electrons. The molecule has 0 atom stereocenters. The lowest BCUT2D eigenvalue weighted by Crippen LogP contribution is -1.97. The van der Waals surface area contributed by atoms with E-state index < -0.39 is 0 Å². The highest BCUT2D eigenvalue weighted by Gasteiger charge is 2.04. The van der Waals surface area contributed by atoms with Crippen molar-refractivity contribution >= 4 is 28.9 Å². The molecule has 3 aromatic rings. The molecule has 21 heavy (non-hydrogen) atoms. The Hall–Kier alpha value is -1.90. The topological polar surface area (TPSA) is 25.2 Å². The fraction of sp³-hybridized carbons (Fsp3) is 0.0588. The molecule has 2 aromatic carbocycles. The Morgan fingerprint density at radius 3 is 2.05 bits per heavy atom. The van der Waals surface area contributed by atoms with Gasteiger partial charge in [0.05, 0.1) is 6.54 Å². The number of hydrogen-bond acceptors (Lipinski definition) is 2. The third-order valence-corrected chi connectivity index (χ3v) is 3.61. The van der Waals surface area contributed by atoms with Gasteiger partial charge in [0.15, 0.2) is 0 Å². The van der Waals surface area contributed by atoms with Crippen molar-refractivity contribution in [3.05, 3.63) is 76.5 Å². The second-order valence-electron chi connectivity index (χ2n) is 4.63. The van der Waals surface area contributed by atoms with Crippen LogP contribution in [0.4, 0.5) is 5.69 Å². The van der Waals surface area contributed by atoms with Gasteiger partial charge < -0.3 is 9.73 Å². The Bertz CT molecular complexity index is 717. The van der Waals surface area contributed by atoms with Crippen LogP contribution in [0.5, 0.6) is 0 Å². The maximum atomic E-state index is 5.88. The summed E-state index contributed by atoms with van der Waals surface area (Å²) >= 11 is 11.7. The fourth-order valence-corrected chi connectivity index (χ4v) is 2.25. The van der Waals surface area contributed by atoms with E-state index in [4.69, 9.17) is 27.6 Å². The van der Waals surface area contributed by atoms with Crippen molar-refractivity contribution in [2.45, 2.75) is 6.54 Å². The Balaban J connectivity index is 1.67. The number of benzene rings is 2. The van der Waals surface area contributed by atoms with Gasteiger partial charge in [0, 0.05) is 21.3 Å². The Morgan fingerprint density at radius 2 is 1.38 bits per heavy atom. The van der Waals surface area contributed by atoms with E-state index in [0.29, 0.717) is 6.54 Å². The summed E-state index contributed by atoms with van der Waals surface area (Å²) in [5, 5.41) is 4.73. The summed E-state index contributed by atoms with van der Waals surface area (Å²) in [7, 11) is 0. The predicted molar refractivity (Wildman–Crippen MR) is 87.9 cm³/mol. The van der Waals surface area contributed by atoms with Crippen LogP contribution in [-0.2, 0) is 6.54 Å². The van der Waals surface area contributed by atoms with Crippen LogP contribution in [0, 0.1) is 0 Å². The van der Waals surface area contributed by atoms with E-state index in [1.54, 1.807) is 0 Å². The number of hydrogen-bond donors (Lipinski definition) is 1. The Kier molecular flexibility index (Phi) is 4.18. The van der Waals surface area contributed by atoms with Crippen LogP contribution in [0.1, 0.15) is 5.76 Å². The molecule has 0 aliphatic carbocycles. The molecular formula is C17H13Cl2NO. The first-order valence-electron chi connectivity index (χ1n) is 6.55. The summed E-state index contributed by atoms with van der Waals surface area (Å²) < 4.78 is 5.82. The van der Waals surface area contributed by atoms with Gasteiger partial charge in [0.2, 0.25) is 0 Å². The van der Waals surface area contributed by atoms with Gasteiger partial charge in [-0.05, 0) is 60.7 Å². The van der Waals surface area contributed by atoms with Crippen molar-refractivity contribution in [3.8, 4) is 11.3 Å². The highest BCUT2D eigenvalue weighted by molar-refractivity contribution is 6.30. The van der Waals surface area contributed by atoms with Crippen LogP contribution in [0.3, 0.4) is 0 Å². The zero-order chi connectivity index (χ0) is 14.7. The summed E-state index contributed by atoms with van der Waals surface area (Å²) in [6.07, 6.45) is 0. The summed E-state index contributed by atoms with van der Waals surface area (Å²) in [6.45, 7) is 0.620. The van der Waals surface area contributed by atoms with Crippen LogP contribution in [0.15, 0.2) is 65.1 Å². The zero-order valence-corrected chi connectivity index (χ0v) is 12.7. The van der Waals surface area contributed by atoms with Gasteiger partial charge in [-0.2, -0.15) is 0 Å². The molecule has 1 N–H and O–H groups in total. The number of anilines is 1. The van der Waals surface area contributed by atoms with Gasteiger partial charge in [-0.1, -0.05) is 23.2 Å². The smallest absolute Gasteiger partial charge is 0.134 e. The van der Waals surface area contributed by atoms with E-state index >= 15 is 0 Å². The first-order chi connectivity index (χ1) is 10.2. The molecule has 0 amide bonds. The minimum Gasteiger partial charge on any atom is -0.459 e. The first-order valence-corrected chi connectivity index (χ1v) is 7.30. The van der Waals surface area contributed by atoms with Crippen LogP contribution < -0.4 is 5.32 Å². The molecule has 0 radical (unpaired) electrons. The summed E-state index contributed by atoms with van der Waals surface area (Å²) in [6, 6.07) is 19.1. The second-order valence-corrected chi connectivity index (χ2v) is 5.51. The van der Waals surface area contributed by atoms with Crippen LogP contribution in [-0.4, -0.2) is 0 Å². The van der Waals surface area contributed by atoms with Crippen molar-refractivity contribution in [1.82, 2.24) is 0 Å². The maximum Gasteiger partial charge on any atom is 0.134 e. The van der Waals surface area contributed by atoms with Gasteiger partial charge in [-0.15, -0.1) is 0 Å². The monoisotopic (exact) mass is 317 g/mol. The molecule has 0 saturated carbocycles. The summed E-state index contributed by atoms with van der Waals surface area (Å²) in [5.74, 6) is 1.70. The van der Waals surface area contributed by atoms with E-state index in [2.05, 4.69) is 5.32 Å². The Morgan fingerprint density at radius 1 is 0.762 bits per heavy atom. The third-order valence-electron chi connectivity index (χ3n) is 3.10.